The number of nitrogens with one attached hydrogen (secondary N) is 1. The van der Waals surface area contributed by atoms with Crippen LogP contribution in [0.1, 0.15) is 5.56 Å². The molecule has 0 aliphatic carbocycles. The van der Waals surface area contributed by atoms with Crippen molar-refractivity contribution < 1.29 is 22.3 Å². The van der Waals surface area contributed by atoms with Crippen molar-refractivity contribution in [3.8, 4) is 5.75 Å². The van der Waals surface area contributed by atoms with Gasteiger partial charge in [0.1, 0.15) is 18.1 Å². The highest BCUT2D eigenvalue weighted by Crippen LogP contribution is 2.34. The van der Waals surface area contributed by atoms with Gasteiger partial charge in [-0.25, -0.2) is 18.2 Å². The highest BCUT2D eigenvalue weighted by atomic mass is 35.5. The number of benzene rings is 3. The Morgan fingerprint density at radius 3 is 2.50 bits per heavy atom. The fourth-order valence-electron chi connectivity index (χ4n) is 2.80. The normalized spacial score (nSPS) is 11.3. The van der Waals surface area contributed by atoms with Gasteiger partial charge >= 0.3 is 0 Å². The molecule has 10 heteroatoms. The van der Waals surface area contributed by atoms with E-state index in [1.807, 2.05) is 0 Å². The Hall–Kier alpha value is -3.43. The first-order valence-electron chi connectivity index (χ1n) is 9.30. The third-order valence-corrected chi connectivity index (χ3v) is 6.34. The van der Waals surface area contributed by atoms with E-state index in [-0.39, 0.29) is 26.9 Å². The lowest BCUT2D eigenvalue weighted by Gasteiger charge is -2.25. The van der Waals surface area contributed by atoms with E-state index in [4.69, 9.17) is 16.3 Å². The van der Waals surface area contributed by atoms with Crippen LogP contribution in [0.3, 0.4) is 0 Å². The summed E-state index contributed by atoms with van der Waals surface area (Å²) in [6, 6.07) is 17.9. The van der Waals surface area contributed by atoms with Gasteiger partial charge in [0.2, 0.25) is 0 Å². The number of sulfonamides is 1. The highest BCUT2D eigenvalue weighted by Gasteiger charge is 2.29. The SMILES string of the molecule is COc1ccc(Cl)cc1N(CC(=O)N/N=C\c1ccccc1F)S(=O)(=O)c1ccccc1. The van der Waals surface area contributed by atoms with Gasteiger partial charge in [-0.05, 0) is 36.4 Å². The van der Waals surface area contributed by atoms with Crippen LogP contribution in [0.2, 0.25) is 5.02 Å². The first-order chi connectivity index (χ1) is 15.3. The summed E-state index contributed by atoms with van der Waals surface area (Å²) in [5, 5.41) is 3.98. The number of hydrazone groups is 1. The molecule has 0 bridgehead atoms. The zero-order chi connectivity index (χ0) is 23.1. The van der Waals surface area contributed by atoms with E-state index in [0.29, 0.717) is 0 Å². The number of carbonyl (C=O) groups is 1. The Balaban J connectivity index is 1.92. The van der Waals surface area contributed by atoms with Crippen molar-refractivity contribution in [3.05, 3.63) is 89.2 Å². The minimum Gasteiger partial charge on any atom is -0.495 e. The van der Waals surface area contributed by atoms with Crippen LogP contribution in [-0.4, -0.2) is 34.2 Å². The molecule has 0 unspecified atom stereocenters. The molecule has 0 aliphatic rings. The highest BCUT2D eigenvalue weighted by molar-refractivity contribution is 7.92. The minimum absolute atomic E-state index is 0.0234. The zero-order valence-corrected chi connectivity index (χ0v) is 18.5. The number of amides is 1. The van der Waals surface area contributed by atoms with Gasteiger partial charge in [-0.1, -0.05) is 48.0 Å². The molecule has 166 valence electrons. The molecular formula is C22H19ClFN3O4S. The first-order valence-corrected chi connectivity index (χ1v) is 11.1. The van der Waals surface area contributed by atoms with Gasteiger partial charge in [0.15, 0.2) is 0 Å². The van der Waals surface area contributed by atoms with E-state index in [9.17, 15) is 17.6 Å². The van der Waals surface area contributed by atoms with Crippen LogP contribution in [0.25, 0.3) is 0 Å². The van der Waals surface area contributed by atoms with Crippen LogP contribution >= 0.6 is 11.6 Å². The molecule has 3 aromatic rings. The largest absolute Gasteiger partial charge is 0.495 e. The van der Waals surface area contributed by atoms with Crippen molar-refractivity contribution in [2.24, 2.45) is 5.10 Å². The number of anilines is 1. The Morgan fingerprint density at radius 2 is 1.81 bits per heavy atom. The number of nitrogens with zero attached hydrogens (tertiary/aromatic N) is 2. The van der Waals surface area contributed by atoms with Gasteiger partial charge in [0.05, 0.1) is 23.9 Å². The summed E-state index contributed by atoms with van der Waals surface area (Å²) in [4.78, 5) is 12.5. The van der Waals surface area contributed by atoms with Gasteiger partial charge in [-0.3, -0.25) is 9.10 Å². The maximum absolute atomic E-state index is 13.7. The molecule has 0 saturated heterocycles. The zero-order valence-electron chi connectivity index (χ0n) is 16.9. The second-order valence-corrected chi connectivity index (χ2v) is 8.75. The number of hydrogen-bond donors (Lipinski definition) is 1. The van der Waals surface area contributed by atoms with Crippen LogP contribution in [0.4, 0.5) is 10.1 Å². The standard InChI is InChI=1S/C22H19ClFN3O4S/c1-31-21-12-11-17(23)13-20(21)27(32(29,30)18-8-3-2-4-9-18)15-22(28)26-25-14-16-7-5-6-10-19(16)24/h2-14H,15H2,1H3,(H,26,28)/b25-14-. The van der Waals surface area contributed by atoms with E-state index >= 15 is 0 Å². The summed E-state index contributed by atoms with van der Waals surface area (Å²) >= 11 is 6.08. The summed E-state index contributed by atoms with van der Waals surface area (Å²) in [6.07, 6.45) is 1.13. The first kappa shape index (κ1) is 23.2. The van der Waals surface area contributed by atoms with Gasteiger partial charge in [0.25, 0.3) is 15.9 Å². The summed E-state index contributed by atoms with van der Waals surface area (Å²) < 4.78 is 46.5. The summed E-state index contributed by atoms with van der Waals surface area (Å²) in [5.41, 5.74) is 2.46. The van der Waals surface area contributed by atoms with Crippen LogP contribution in [-0.2, 0) is 14.8 Å². The molecule has 0 aromatic heterocycles. The second kappa shape index (κ2) is 10.3. The van der Waals surface area contributed by atoms with E-state index in [2.05, 4.69) is 10.5 Å². The molecule has 0 saturated carbocycles. The number of ether oxygens (including phenoxy) is 1. The van der Waals surface area contributed by atoms with E-state index < -0.39 is 28.3 Å². The third-order valence-electron chi connectivity index (χ3n) is 4.33. The monoisotopic (exact) mass is 475 g/mol. The predicted octanol–water partition coefficient (Wildman–Crippen LogP) is 3.83. The van der Waals surface area contributed by atoms with Crippen molar-refractivity contribution >= 4 is 39.4 Å². The molecule has 0 aliphatic heterocycles. The average molecular weight is 476 g/mol. The van der Waals surface area contributed by atoms with Crippen LogP contribution in [0, 0.1) is 5.82 Å². The Bertz CT molecular complexity index is 1240. The maximum atomic E-state index is 13.7. The fraction of sp³-hybridized carbons (Fsp3) is 0.0909. The van der Waals surface area contributed by atoms with Gasteiger partial charge in [-0.15, -0.1) is 0 Å². The van der Waals surface area contributed by atoms with E-state index in [0.717, 1.165) is 10.5 Å². The molecule has 0 atom stereocenters. The van der Waals surface area contributed by atoms with Gasteiger partial charge in [0, 0.05) is 10.6 Å². The molecule has 0 radical (unpaired) electrons. The number of halogens is 2. The lowest BCUT2D eigenvalue weighted by Crippen LogP contribution is -2.39. The van der Waals surface area contributed by atoms with Crippen LogP contribution < -0.4 is 14.5 Å². The van der Waals surface area contributed by atoms with Gasteiger partial charge < -0.3 is 4.74 Å². The number of hydrogen-bond acceptors (Lipinski definition) is 5. The van der Waals surface area contributed by atoms with E-state index in [1.165, 1.54) is 55.6 Å². The molecular weight excluding hydrogens is 457 g/mol. The molecule has 1 N–H and O–H groups in total. The van der Waals surface area contributed by atoms with Crippen LogP contribution in [0.5, 0.6) is 5.75 Å². The molecule has 3 aromatic carbocycles. The van der Waals surface area contributed by atoms with Crippen molar-refractivity contribution in [1.29, 1.82) is 0 Å². The van der Waals surface area contributed by atoms with Gasteiger partial charge in [-0.2, -0.15) is 5.10 Å². The molecule has 0 spiro atoms. The second-order valence-electron chi connectivity index (χ2n) is 6.46. The molecule has 3 rings (SSSR count). The lowest BCUT2D eigenvalue weighted by atomic mass is 10.2. The van der Waals surface area contributed by atoms with Crippen molar-refractivity contribution in [1.82, 2.24) is 5.43 Å². The summed E-state index contributed by atoms with van der Waals surface area (Å²) in [7, 11) is -2.79. The molecule has 0 fully saturated rings. The Kier molecular flexibility index (Phi) is 7.45. The van der Waals surface area contributed by atoms with E-state index in [1.54, 1.807) is 24.3 Å². The van der Waals surface area contributed by atoms with Crippen LogP contribution in [0.15, 0.2) is 82.8 Å². The number of carbonyl (C=O) groups excluding carboxylic acids is 1. The Morgan fingerprint density at radius 1 is 1.12 bits per heavy atom. The maximum Gasteiger partial charge on any atom is 0.264 e. The number of methoxy groups -OCH3 is 1. The summed E-state index contributed by atoms with van der Waals surface area (Å²) in [6.45, 7) is -0.622. The van der Waals surface area contributed by atoms with Crippen molar-refractivity contribution in [2.45, 2.75) is 4.90 Å². The average Bonchev–Trinajstić information content (AvgIpc) is 2.79. The molecule has 32 heavy (non-hydrogen) atoms. The summed E-state index contributed by atoms with van der Waals surface area (Å²) in [5.74, 6) is -1.06. The number of rotatable bonds is 8. The molecule has 0 heterocycles. The molecule has 7 nitrogen and oxygen atoms in total. The third kappa shape index (κ3) is 5.43. The van der Waals surface area contributed by atoms with Crippen molar-refractivity contribution in [3.63, 3.8) is 0 Å². The quantitative estimate of drug-likeness (QED) is 0.396. The topological polar surface area (TPSA) is 88.1 Å². The smallest absolute Gasteiger partial charge is 0.264 e. The fourth-order valence-corrected chi connectivity index (χ4v) is 4.41. The lowest BCUT2D eigenvalue weighted by molar-refractivity contribution is -0.119. The minimum atomic E-state index is -4.16. The Labute approximate surface area is 190 Å². The molecule has 1 amide bonds. The van der Waals surface area contributed by atoms with Crippen molar-refractivity contribution in [2.75, 3.05) is 18.0 Å². The predicted molar refractivity (Wildman–Crippen MR) is 121 cm³/mol.